The highest BCUT2D eigenvalue weighted by Gasteiger charge is 2.04. The van der Waals surface area contributed by atoms with Crippen LogP contribution in [0.15, 0.2) is 22.7 Å². The molecule has 0 saturated heterocycles. The minimum Gasteiger partial charge on any atom is -0.298 e. The molecule has 1 aromatic carbocycles. The summed E-state index contributed by atoms with van der Waals surface area (Å²) >= 11 is 6.36. The van der Waals surface area contributed by atoms with Crippen LogP contribution in [0.2, 0.25) is 0 Å². The van der Waals surface area contributed by atoms with Crippen LogP contribution < -0.4 is 0 Å². The summed E-state index contributed by atoms with van der Waals surface area (Å²) in [4.78, 5) is 11.1. The molecule has 0 unspecified atom stereocenters. The fourth-order valence-electron chi connectivity index (χ4n) is 1.04. The molecule has 0 N–H and O–H groups in total. The minimum atomic E-state index is 0.108. The summed E-state index contributed by atoms with van der Waals surface area (Å²) in [7, 11) is 0. The third-order valence-electron chi connectivity index (χ3n) is 1.70. The average molecular weight is 317 g/mol. The number of halogens is 2. The molecule has 0 aliphatic heterocycles. The molecule has 72 valence electrons. The van der Waals surface area contributed by atoms with Gasteiger partial charge in [0.15, 0.2) is 0 Å². The minimum absolute atomic E-state index is 0.108. The Hall–Kier alpha value is -0.660. The normalized spacial score (nSPS) is 9.50. The van der Waals surface area contributed by atoms with Crippen LogP contribution in [0.4, 0.5) is 0 Å². The van der Waals surface area contributed by atoms with Gasteiger partial charge in [-0.2, -0.15) is 5.26 Å². The van der Waals surface area contributed by atoms with Gasteiger partial charge >= 0.3 is 0 Å². The Morgan fingerprint density at radius 1 is 1.50 bits per heavy atom. The second-order valence-electron chi connectivity index (χ2n) is 2.78. The van der Waals surface area contributed by atoms with Crippen molar-refractivity contribution in [2.75, 3.05) is 5.33 Å². The van der Waals surface area contributed by atoms with Crippen LogP contribution in [0, 0.1) is 11.3 Å². The number of ketones is 1. The number of carbonyl (C=O) groups is 1. The van der Waals surface area contributed by atoms with E-state index in [1.165, 1.54) is 0 Å². The Morgan fingerprint density at radius 2 is 2.21 bits per heavy atom. The molecule has 0 radical (unpaired) electrons. The molecule has 1 rings (SSSR count). The molecule has 0 amide bonds. The predicted molar refractivity (Wildman–Crippen MR) is 61.4 cm³/mol. The molecule has 0 bridgehead atoms. The Labute approximate surface area is 99.2 Å². The molecule has 0 aliphatic rings. The smallest absolute Gasteiger partial charge is 0.147 e. The molecule has 0 heterocycles. The second-order valence-corrected chi connectivity index (χ2v) is 4.19. The molecule has 2 nitrogen and oxygen atoms in total. The number of rotatable bonds is 3. The Morgan fingerprint density at radius 3 is 2.79 bits per heavy atom. The summed E-state index contributed by atoms with van der Waals surface area (Å²) in [6.07, 6.45) is 0.368. The first-order chi connectivity index (χ1) is 6.67. The van der Waals surface area contributed by atoms with E-state index in [0.717, 1.165) is 10.0 Å². The predicted octanol–water partition coefficient (Wildman–Crippen LogP) is 2.83. The molecule has 0 saturated carbocycles. The van der Waals surface area contributed by atoms with E-state index in [4.69, 9.17) is 5.26 Å². The quantitative estimate of drug-likeness (QED) is 0.805. The zero-order valence-corrected chi connectivity index (χ0v) is 10.4. The van der Waals surface area contributed by atoms with E-state index in [-0.39, 0.29) is 5.78 Å². The van der Waals surface area contributed by atoms with Crippen LogP contribution in [0.25, 0.3) is 0 Å². The molecule has 0 fully saturated rings. The van der Waals surface area contributed by atoms with Gasteiger partial charge in [-0.1, -0.05) is 22.0 Å². The second kappa shape index (κ2) is 5.28. The number of carbonyl (C=O) groups excluding carboxylic acids is 1. The van der Waals surface area contributed by atoms with E-state index in [1.54, 1.807) is 12.1 Å². The van der Waals surface area contributed by atoms with E-state index in [1.807, 2.05) is 6.07 Å². The van der Waals surface area contributed by atoms with Crippen molar-refractivity contribution >= 4 is 37.6 Å². The Bertz CT molecular complexity index is 396. The van der Waals surface area contributed by atoms with Gasteiger partial charge in [0, 0.05) is 10.9 Å². The van der Waals surface area contributed by atoms with Crippen LogP contribution >= 0.6 is 31.9 Å². The van der Waals surface area contributed by atoms with Gasteiger partial charge < -0.3 is 0 Å². The van der Waals surface area contributed by atoms with Gasteiger partial charge in [-0.05, 0) is 33.6 Å². The van der Waals surface area contributed by atoms with E-state index in [9.17, 15) is 4.79 Å². The molecule has 0 aliphatic carbocycles. The van der Waals surface area contributed by atoms with Crippen LogP contribution in [-0.4, -0.2) is 11.1 Å². The van der Waals surface area contributed by atoms with Gasteiger partial charge in [-0.3, -0.25) is 4.79 Å². The zero-order chi connectivity index (χ0) is 10.6. The van der Waals surface area contributed by atoms with Crippen molar-refractivity contribution in [3.63, 3.8) is 0 Å². The molecular weight excluding hydrogens is 310 g/mol. The van der Waals surface area contributed by atoms with Crippen LogP contribution in [0.5, 0.6) is 0 Å². The lowest BCUT2D eigenvalue weighted by Gasteiger charge is -2.00. The van der Waals surface area contributed by atoms with Gasteiger partial charge in [-0.25, -0.2) is 0 Å². The maximum atomic E-state index is 11.1. The third-order valence-corrected chi connectivity index (χ3v) is 3.02. The number of Topliss-reactive ketones (excluding diaryl/α,β-unsaturated/α-hetero) is 1. The van der Waals surface area contributed by atoms with E-state index >= 15 is 0 Å². The fourth-order valence-corrected chi connectivity index (χ4v) is 1.58. The summed E-state index contributed by atoms with van der Waals surface area (Å²) in [5.74, 6) is 0.108. The maximum Gasteiger partial charge on any atom is 0.147 e. The maximum absolute atomic E-state index is 11.1. The molecular formula is C10H7Br2NO. The van der Waals surface area contributed by atoms with Crippen molar-refractivity contribution in [1.82, 2.24) is 0 Å². The highest BCUT2D eigenvalue weighted by Crippen LogP contribution is 2.17. The summed E-state index contributed by atoms with van der Waals surface area (Å²) in [5, 5.41) is 9.11. The monoisotopic (exact) mass is 315 g/mol. The number of alkyl halides is 1. The number of nitrogens with zero attached hydrogens (tertiary/aromatic N) is 1. The van der Waals surface area contributed by atoms with E-state index < -0.39 is 0 Å². The first kappa shape index (κ1) is 11.4. The average Bonchev–Trinajstić information content (AvgIpc) is 2.20. The van der Waals surface area contributed by atoms with Crippen LogP contribution in [-0.2, 0) is 11.2 Å². The molecule has 0 spiro atoms. The summed E-state index contributed by atoms with van der Waals surface area (Å²) < 4.78 is 0.759. The van der Waals surface area contributed by atoms with Gasteiger partial charge in [0.2, 0.25) is 0 Å². The summed E-state index contributed by atoms with van der Waals surface area (Å²) in [6.45, 7) is 0. The Kier molecular flexibility index (Phi) is 4.30. The lowest BCUT2D eigenvalue weighted by atomic mass is 10.1. The first-order valence-electron chi connectivity index (χ1n) is 3.93. The molecule has 1 aromatic rings. The van der Waals surface area contributed by atoms with Gasteiger partial charge in [0.1, 0.15) is 11.9 Å². The highest BCUT2D eigenvalue weighted by atomic mass is 79.9. The lowest BCUT2D eigenvalue weighted by Crippen LogP contribution is -2.03. The standard InChI is InChI=1S/C10H7Br2NO/c11-5-9(14)4-7-1-2-10(12)8(3-7)6-13/h1-3H,4-5H2. The van der Waals surface area contributed by atoms with Crippen molar-refractivity contribution in [3.05, 3.63) is 33.8 Å². The van der Waals surface area contributed by atoms with Crippen molar-refractivity contribution in [1.29, 1.82) is 5.26 Å². The molecule has 14 heavy (non-hydrogen) atoms. The van der Waals surface area contributed by atoms with Crippen LogP contribution in [0.3, 0.4) is 0 Å². The summed E-state index contributed by atoms with van der Waals surface area (Å²) in [6, 6.07) is 7.41. The summed E-state index contributed by atoms with van der Waals surface area (Å²) in [5.41, 5.74) is 1.43. The van der Waals surface area contributed by atoms with Gasteiger partial charge in [-0.15, -0.1) is 0 Å². The first-order valence-corrected chi connectivity index (χ1v) is 5.85. The topological polar surface area (TPSA) is 40.9 Å². The SMILES string of the molecule is N#Cc1cc(CC(=O)CBr)ccc1Br. The van der Waals surface area contributed by atoms with Crippen molar-refractivity contribution in [2.24, 2.45) is 0 Å². The van der Waals surface area contributed by atoms with Crippen molar-refractivity contribution < 1.29 is 4.79 Å². The third kappa shape index (κ3) is 2.93. The molecule has 0 atom stereocenters. The fraction of sp³-hybridized carbons (Fsp3) is 0.200. The largest absolute Gasteiger partial charge is 0.298 e. The molecule has 0 aromatic heterocycles. The van der Waals surface area contributed by atoms with Crippen molar-refractivity contribution in [3.8, 4) is 6.07 Å². The van der Waals surface area contributed by atoms with Gasteiger partial charge in [0.25, 0.3) is 0 Å². The van der Waals surface area contributed by atoms with Crippen LogP contribution in [0.1, 0.15) is 11.1 Å². The van der Waals surface area contributed by atoms with E-state index in [0.29, 0.717) is 17.3 Å². The number of hydrogen-bond acceptors (Lipinski definition) is 2. The molecule has 4 heteroatoms. The van der Waals surface area contributed by atoms with Gasteiger partial charge in [0.05, 0.1) is 10.9 Å². The number of nitriles is 1. The van der Waals surface area contributed by atoms with E-state index in [2.05, 4.69) is 37.9 Å². The highest BCUT2D eigenvalue weighted by molar-refractivity contribution is 9.10. The van der Waals surface area contributed by atoms with Crippen molar-refractivity contribution in [2.45, 2.75) is 6.42 Å². The zero-order valence-electron chi connectivity index (χ0n) is 7.26. The number of benzene rings is 1. The lowest BCUT2D eigenvalue weighted by molar-refractivity contribution is -0.115. The number of hydrogen-bond donors (Lipinski definition) is 0. The Balaban J connectivity index is 2.91.